The summed E-state index contributed by atoms with van der Waals surface area (Å²) in [7, 11) is 0. The second-order valence-corrected chi connectivity index (χ2v) is 5.00. The van der Waals surface area contributed by atoms with Crippen molar-refractivity contribution in [3.05, 3.63) is 10.6 Å². The molecule has 0 unspecified atom stereocenters. The van der Waals surface area contributed by atoms with Crippen LogP contribution in [0.3, 0.4) is 0 Å². The topological polar surface area (TPSA) is 12.0 Å². The molecule has 3 heteroatoms. The molecule has 0 saturated heterocycles. The third-order valence-electron chi connectivity index (χ3n) is 3.22. The Morgan fingerprint density at radius 1 is 1.46 bits per heavy atom. The van der Waals surface area contributed by atoms with Gasteiger partial charge in [0.05, 0.1) is 0 Å². The molecule has 13 heavy (non-hydrogen) atoms. The molecular formula is C10H15Cl2N. The average Bonchev–Trinajstić information content (AvgIpc) is 2.96. The van der Waals surface area contributed by atoms with Gasteiger partial charge in [-0.15, -0.1) is 0 Å². The summed E-state index contributed by atoms with van der Waals surface area (Å²) >= 11 is 11.2. The smallest absolute Gasteiger partial charge is 0.0431 e. The Kier molecular flexibility index (Phi) is 2.87. The second-order valence-electron chi connectivity index (χ2n) is 4.30. The average molecular weight is 220 g/mol. The highest BCUT2D eigenvalue weighted by atomic mass is 35.5. The minimum Gasteiger partial charge on any atom is -0.311 e. The first kappa shape index (κ1) is 9.82. The Morgan fingerprint density at radius 3 is 2.62 bits per heavy atom. The summed E-state index contributed by atoms with van der Waals surface area (Å²) in [5.74, 6) is 1.01. The molecule has 0 bridgehead atoms. The van der Waals surface area contributed by atoms with Crippen molar-refractivity contribution < 1.29 is 0 Å². The monoisotopic (exact) mass is 219 g/mol. The van der Waals surface area contributed by atoms with Crippen molar-refractivity contribution in [2.24, 2.45) is 11.3 Å². The van der Waals surface area contributed by atoms with Crippen LogP contribution in [0.15, 0.2) is 10.6 Å². The normalized spacial score (nSPS) is 26.2. The Balaban J connectivity index is 1.67. The first-order chi connectivity index (χ1) is 6.27. The van der Waals surface area contributed by atoms with Crippen LogP contribution < -0.4 is 5.32 Å². The molecule has 1 N–H and O–H groups in total. The third-order valence-corrected chi connectivity index (χ3v) is 3.84. The van der Waals surface area contributed by atoms with Crippen molar-refractivity contribution in [1.82, 2.24) is 5.32 Å². The van der Waals surface area contributed by atoms with Crippen LogP contribution in [-0.2, 0) is 0 Å². The summed E-state index contributed by atoms with van der Waals surface area (Å²) in [6.45, 7) is 1.85. The Labute approximate surface area is 89.5 Å². The predicted octanol–water partition coefficient (Wildman–Crippen LogP) is 3.09. The van der Waals surface area contributed by atoms with E-state index in [0.29, 0.717) is 10.4 Å². The largest absolute Gasteiger partial charge is 0.311 e. The van der Waals surface area contributed by atoms with Crippen molar-refractivity contribution in [2.75, 3.05) is 13.1 Å². The lowest BCUT2D eigenvalue weighted by Crippen LogP contribution is -2.26. The third kappa shape index (κ3) is 2.39. The van der Waals surface area contributed by atoms with E-state index in [2.05, 4.69) is 5.32 Å². The fourth-order valence-corrected chi connectivity index (χ4v) is 2.23. The molecule has 2 rings (SSSR count). The van der Waals surface area contributed by atoms with Crippen molar-refractivity contribution >= 4 is 23.2 Å². The predicted molar refractivity (Wildman–Crippen MR) is 57.0 cm³/mol. The molecule has 0 aromatic heterocycles. The van der Waals surface area contributed by atoms with Crippen LogP contribution >= 0.6 is 23.2 Å². The van der Waals surface area contributed by atoms with Crippen molar-refractivity contribution in [2.45, 2.75) is 25.7 Å². The van der Waals surface area contributed by atoms with Crippen LogP contribution in [0.5, 0.6) is 0 Å². The van der Waals surface area contributed by atoms with E-state index < -0.39 is 0 Å². The lowest BCUT2D eigenvalue weighted by Gasteiger charge is -2.14. The van der Waals surface area contributed by atoms with Crippen molar-refractivity contribution in [1.29, 1.82) is 0 Å². The maximum Gasteiger partial charge on any atom is 0.0431 e. The van der Waals surface area contributed by atoms with Crippen LogP contribution in [-0.4, -0.2) is 13.1 Å². The molecule has 0 aliphatic heterocycles. The van der Waals surface area contributed by atoms with Gasteiger partial charge < -0.3 is 5.32 Å². The highest BCUT2D eigenvalue weighted by molar-refractivity contribution is 6.36. The van der Waals surface area contributed by atoms with Gasteiger partial charge in [-0.2, -0.15) is 0 Å². The molecule has 0 aromatic carbocycles. The fraction of sp³-hybridized carbons (Fsp3) is 0.800. The van der Waals surface area contributed by atoms with Crippen molar-refractivity contribution in [3.63, 3.8) is 0 Å². The van der Waals surface area contributed by atoms with E-state index in [9.17, 15) is 0 Å². The molecule has 1 nitrogen and oxygen atoms in total. The first-order valence-electron chi connectivity index (χ1n) is 4.92. The van der Waals surface area contributed by atoms with Crippen LogP contribution in [0.1, 0.15) is 25.7 Å². The molecule has 0 radical (unpaired) electrons. The SMILES string of the molecule is Cl/C=C(/Cl)CNCC1(C2CC2)CC1. The molecule has 0 spiro atoms. The minimum atomic E-state index is 0.656. The number of hydrogen-bond acceptors (Lipinski definition) is 1. The summed E-state index contributed by atoms with van der Waals surface area (Å²) in [6, 6.07) is 0. The van der Waals surface area contributed by atoms with Gasteiger partial charge in [0, 0.05) is 23.7 Å². The minimum absolute atomic E-state index is 0.656. The maximum absolute atomic E-state index is 5.78. The van der Waals surface area contributed by atoms with Gasteiger partial charge in [0.15, 0.2) is 0 Å². The molecule has 2 aliphatic carbocycles. The molecule has 74 valence electrons. The standard InChI is InChI=1S/C10H15Cl2N/c11-5-9(12)6-13-7-10(3-4-10)8-1-2-8/h5,8,13H,1-4,6-7H2/b9-5+. The summed E-state index contributed by atoms with van der Waals surface area (Å²) in [5, 5.41) is 4.08. The van der Waals surface area contributed by atoms with Gasteiger partial charge in [-0.1, -0.05) is 23.2 Å². The first-order valence-corrected chi connectivity index (χ1v) is 5.74. The van der Waals surface area contributed by atoms with E-state index >= 15 is 0 Å². The van der Waals surface area contributed by atoms with Gasteiger partial charge in [0.25, 0.3) is 0 Å². The zero-order valence-electron chi connectivity index (χ0n) is 7.65. The lowest BCUT2D eigenvalue weighted by molar-refractivity contribution is 0.413. The molecule has 2 saturated carbocycles. The molecule has 0 aromatic rings. The van der Waals surface area contributed by atoms with Gasteiger partial charge in [0.2, 0.25) is 0 Å². The van der Waals surface area contributed by atoms with E-state index in [4.69, 9.17) is 23.2 Å². The van der Waals surface area contributed by atoms with E-state index in [-0.39, 0.29) is 0 Å². The molecule has 2 aliphatic rings. The zero-order chi connectivity index (χ0) is 9.31. The number of rotatable bonds is 5. The quantitative estimate of drug-likeness (QED) is 0.750. The number of hydrogen-bond donors (Lipinski definition) is 1. The number of nitrogens with one attached hydrogen (secondary N) is 1. The van der Waals surface area contributed by atoms with E-state index in [1.54, 1.807) is 0 Å². The van der Waals surface area contributed by atoms with E-state index in [1.165, 1.54) is 31.2 Å². The van der Waals surface area contributed by atoms with E-state index in [1.807, 2.05) is 0 Å². The lowest BCUT2D eigenvalue weighted by atomic mass is 10.0. The molecule has 0 amide bonds. The fourth-order valence-electron chi connectivity index (χ4n) is 2.06. The van der Waals surface area contributed by atoms with Crippen molar-refractivity contribution in [3.8, 4) is 0 Å². The van der Waals surface area contributed by atoms with Crippen LogP contribution in [0.4, 0.5) is 0 Å². The van der Waals surface area contributed by atoms with E-state index in [0.717, 1.165) is 19.0 Å². The number of halogens is 2. The summed E-state index contributed by atoms with van der Waals surface area (Å²) in [4.78, 5) is 0. The highest BCUT2D eigenvalue weighted by Gasteiger charge is 2.53. The highest BCUT2D eigenvalue weighted by Crippen LogP contribution is 2.60. The summed E-state index contributed by atoms with van der Waals surface area (Å²) in [5.41, 5.74) is 2.09. The zero-order valence-corrected chi connectivity index (χ0v) is 9.17. The van der Waals surface area contributed by atoms with Crippen LogP contribution in [0.25, 0.3) is 0 Å². The molecule has 0 atom stereocenters. The van der Waals surface area contributed by atoms with Gasteiger partial charge in [0.1, 0.15) is 0 Å². The molecular weight excluding hydrogens is 205 g/mol. The van der Waals surface area contributed by atoms with Gasteiger partial charge >= 0.3 is 0 Å². The summed E-state index contributed by atoms with van der Waals surface area (Å²) < 4.78 is 0. The van der Waals surface area contributed by atoms with Gasteiger partial charge in [-0.25, -0.2) is 0 Å². The Morgan fingerprint density at radius 2 is 2.15 bits per heavy atom. The van der Waals surface area contributed by atoms with Crippen LogP contribution in [0, 0.1) is 11.3 Å². The molecule has 2 fully saturated rings. The summed E-state index contributed by atoms with van der Waals surface area (Å²) in [6.07, 6.45) is 5.71. The Bertz CT molecular complexity index is 217. The van der Waals surface area contributed by atoms with Crippen LogP contribution in [0.2, 0.25) is 0 Å². The Hall–Kier alpha value is 0.280. The second kappa shape index (κ2) is 3.80. The maximum atomic E-state index is 5.78. The van der Waals surface area contributed by atoms with Gasteiger partial charge in [-0.3, -0.25) is 0 Å². The molecule has 0 heterocycles. The van der Waals surface area contributed by atoms with Gasteiger partial charge in [-0.05, 0) is 37.0 Å².